The van der Waals surface area contributed by atoms with E-state index < -0.39 is 0 Å². The first-order valence-electron chi connectivity index (χ1n) is 8.19. The van der Waals surface area contributed by atoms with Crippen LogP contribution in [-0.2, 0) is 11.3 Å². The molecule has 8 heteroatoms. The van der Waals surface area contributed by atoms with Gasteiger partial charge in [0.25, 0.3) is 5.22 Å². The maximum absolute atomic E-state index is 12.1. The number of methoxy groups -OCH3 is 2. The average Bonchev–Trinajstić information content (AvgIpc) is 3.20. The van der Waals surface area contributed by atoms with E-state index in [1.54, 1.807) is 14.2 Å². The molecule has 140 valence electrons. The van der Waals surface area contributed by atoms with Gasteiger partial charge in [-0.15, -0.1) is 10.2 Å². The largest absolute Gasteiger partial charge is 0.497 e. The lowest BCUT2D eigenvalue weighted by atomic mass is 10.2. The zero-order chi connectivity index (χ0) is 19.1. The van der Waals surface area contributed by atoms with E-state index in [1.807, 2.05) is 48.5 Å². The van der Waals surface area contributed by atoms with Crippen molar-refractivity contribution in [2.75, 3.05) is 20.0 Å². The fourth-order valence-electron chi connectivity index (χ4n) is 2.34. The third-order valence-corrected chi connectivity index (χ3v) is 4.56. The van der Waals surface area contributed by atoms with Crippen molar-refractivity contribution in [2.45, 2.75) is 11.8 Å². The predicted octanol–water partition coefficient (Wildman–Crippen LogP) is 3.16. The minimum Gasteiger partial charge on any atom is -0.497 e. The van der Waals surface area contributed by atoms with E-state index in [-0.39, 0.29) is 11.7 Å². The summed E-state index contributed by atoms with van der Waals surface area (Å²) in [5, 5.41) is 11.2. The monoisotopic (exact) mass is 385 g/mol. The van der Waals surface area contributed by atoms with Gasteiger partial charge in [0.15, 0.2) is 0 Å². The summed E-state index contributed by atoms with van der Waals surface area (Å²) in [6, 6.07) is 14.9. The van der Waals surface area contributed by atoms with Gasteiger partial charge in [-0.3, -0.25) is 4.79 Å². The number of thioether (sulfide) groups is 1. The molecule has 0 fully saturated rings. The van der Waals surface area contributed by atoms with Crippen LogP contribution >= 0.6 is 11.8 Å². The average molecular weight is 385 g/mol. The number of benzene rings is 2. The molecule has 1 heterocycles. The summed E-state index contributed by atoms with van der Waals surface area (Å²) in [6.07, 6.45) is 0. The van der Waals surface area contributed by atoms with E-state index in [1.165, 1.54) is 11.8 Å². The molecule has 0 spiro atoms. The van der Waals surface area contributed by atoms with E-state index in [0.717, 1.165) is 22.6 Å². The molecule has 0 atom stereocenters. The lowest BCUT2D eigenvalue weighted by Gasteiger charge is -2.08. The topological polar surface area (TPSA) is 86.5 Å². The van der Waals surface area contributed by atoms with Crippen LogP contribution in [-0.4, -0.2) is 36.1 Å². The summed E-state index contributed by atoms with van der Waals surface area (Å²) < 4.78 is 16.0. The number of hydrogen-bond donors (Lipinski definition) is 1. The number of amides is 1. The van der Waals surface area contributed by atoms with Gasteiger partial charge in [-0.1, -0.05) is 30.0 Å². The zero-order valence-corrected chi connectivity index (χ0v) is 15.8. The Kier molecular flexibility index (Phi) is 6.32. The lowest BCUT2D eigenvalue weighted by molar-refractivity contribution is -0.118. The third-order valence-electron chi connectivity index (χ3n) is 3.74. The van der Waals surface area contributed by atoms with Gasteiger partial charge in [-0.25, -0.2) is 0 Å². The molecule has 0 aliphatic heterocycles. The van der Waals surface area contributed by atoms with Crippen molar-refractivity contribution in [3.05, 3.63) is 54.1 Å². The quantitative estimate of drug-likeness (QED) is 0.596. The minimum absolute atomic E-state index is 0.130. The number of ether oxygens (including phenoxy) is 2. The van der Waals surface area contributed by atoms with Gasteiger partial charge in [0.1, 0.15) is 11.5 Å². The maximum atomic E-state index is 12.1. The first kappa shape index (κ1) is 18.8. The first-order chi connectivity index (χ1) is 13.2. The van der Waals surface area contributed by atoms with Gasteiger partial charge in [-0.05, 0) is 30.3 Å². The zero-order valence-electron chi connectivity index (χ0n) is 15.0. The van der Waals surface area contributed by atoms with Crippen LogP contribution in [0.2, 0.25) is 0 Å². The van der Waals surface area contributed by atoms with Crippen LogP contribution in [0.1, 0.15) is 5.56 Å². The molecule has 0 radical (unpaired) electrons. The summed E-state index contributed by atoms with van der Waals surface area (Å²) in [4.78, 5) is 12.1. The van der Waals surface area contributed by atoms with Crippen LogP contribution < -0.4 is 14.8 Å². The molecule has 0 saturated heterocycles. The molecule has 3 aromatic rings. The molecule has 27 heavy (non-hydrogen) atoms. The predicted molar refractivity (Wildman–Crippen MR) is 102 cm³/mol. The highest BCUT2D eigenvalue weighted by Gasteiger charge is 2.12. The van der Waals surface area contributed by atoms with Crippen LogP contribution in [0.15, 0.2) is 58.2 Å². The summed E-state index contributed by atoms with van der Waals surface area (Å²) in [5.74, 6) is 1.94. The number of nitrogens with zero attached hydrogens (tertiary/aromatic N) is 2. The smallest absolute Gasteiger partial charge is 0.277 e. The summed E-state index contributed by atoms with van der Waals surface area (Å²) >= 11 is 1.19. The molecule has 0 aliphatic rings. The van der Waals surface area contributed by atoms with E-state index in [4.69, 9.17) is 13.9 Å². The Balaban J connectivity index is 1.51. The number of hydrogen-bond acceptors (Lipinski definition) is 7. The van der Waals surface area contributed by atoms with Crippen molar-refractivity contribution in [1.82, 2.24) is 15.5 Å². The Morgan fingerprint density at radius 1 is 1.07 bits per heavy atom. The van der Waals surface area contributed by atoms with Crippen molar-refractivity contribution in [3.8, 4) is 23.0 Å². The number of carbonyl (C=O) groups is 1. The van der Waals surface area contributed by atoms with Crippen molar-refractivity contribution >= 4 is 17.7 Å². The molecular formula is C19H19N3O4S. The van der Waals surface area contributed by atoms with E-state index in [9.17, 15) is 4.79 Å². The second-order valence-corrected chi connectivity index (χ2v) is 6.41. The Morgan fingerprint density at radius 2 is 1.85 bits per heavy atom. The number of carbonyl (C=O) groups excluding carboxylic acids is 1. The number of aromatic nitrogens is 2. The first-order valence-corrected chi connectivity index (χ1v) is 9.17. The minimum atomic E-state index is -0.130. The molecule has 0 aliphatic carbocycles. The molecule has 0 bridgehead atoms. The summed E-state index contributed by atoms with van der Waals surface area (Å²) in [7, 11) is 3.21. The second-order valence-electron chi connectivity index (χ2n) is 5.48. The van der Waals surface area contributed by atoms with Crippen LogP contribution in [0.3, 0.4) is 0 Å². The lowest BCUT2D eigenvalue weighted by Crippen LogP contribution is -2.24. The molecule has 0 unspecified atom stereocenters. The molecule has 1 aromatic heterocycles. The SMILES string of the molecule is COc1ccc(-c2nnc(SCC(=O)NCc3ccccc3OC)o2)cc1. The van der Waals surface area contributed by atoms with E-state index in [2.05, 4.69) is 15.5 Å². The van der Waals surface area contributed by atoms with Gasteiger partial charge in [0.05, 0.1) is 20.0 Å². The third kappa shape index (κ3) is 5.01. The van der Waals surface area contributed by atoms with Gasteiger partial charge >= 0.3 is 0 Å². The van der Waals surface area contributed by atoms with Gasteiger partial charge < -0.3 is 19.2 Å². The molecule has 0 saturated carbocycles. The standard InChI is InChI=1S/C19H19N3O4S/c1-24-15-9-7-13(8-10-15)18-21-22-19(26-18)27-12-17(23)20-11-14-5-3-4-6-16(14)25-2/h3-10H,11-12H2,1-2H3,(H,20,23). The van der Waals surface area contributed by atoms with Gasteiger partial charge in [-0.2, -0.15) is 0 Å². The molecule has 2 aromatic carbocycles. The highest BCUT2D eigenvalue weighted by Crippen LogP contribution is 2.24. The number of para-hydroxylation sites is 1. The van der Waals surface area contributed by atoms with Crippen molar-refractivity contribution < 1.29 is 18.7 Å². The van der Waals surface area contributed by atoms with Crippen molar-refractivity contribution in [3.63, 3.8) is 0 Å². The van der Waals surface area contributed by atoms with Crippen LogP contribution in [0.5, 0.6) is 11.5 Å². The molecule has 3 rings (SSSR count). The Hall–Kier alpha value is -3.00. The number of nitrogens with one attached hydrogen (secondary N) is 1. The van der Waals surface area contributed by atoms with Crippen molar-refractivity contribution in [1.29, 1.82) is 0 Å². The summed E-state index contributed by atoms with van der Waals surface area (Å²) in [5.41, 5.74) is 1.70. The van der Waals surface area contributed by atoms with Crippen molar-refractivity contribution in [2.24, 2.45) is 0 Å². The van der Waals surface area contributed by atoms with Gasteiger partial charge in [0.2, 0.25) is 11.8 Å². The maximum Gasteiger partial charge on any atom is 0.277 e. The highest BCUT2D eigenvalue weighted by atomic mass is 32.2. The van der Waals surface area contributed by atoms with Gasteiger partial charge in [0, 0.05) is 17.7 Å². The van der Waals surface area contributed by atoms with E-state index in [0.29, 0.717) is 17.7 Å². The fraction of sp³-hybridized carbons (Fsp3) is 0.211. The summed E-state index contributed by atoms with van der Waals surface area (Å²) in [6.45, 7) is 0.393. The molecule has 7 nitrogen and oxygen atoms in total. The Bertz CT molecular complexity index is 896. The normalized spacial score (nSPS) is 10.4. The molecule has 1 N–H and O–H groups in total. The van der Waals surface area contributed by atoms with E-state index >= 15 is 0 Å². The highest BCUT2D eigenvalue weighted by molar-refractivity contribution is 7.99. The fourth-order valence-corrected chi connectivity index (χ4v) is 2.93. The number of rotatable bonds is 8. The second kappa shape index (κ2) is 9.09. The van der Waals surface area contributed by atoms with Crippen LogP contribution in [0, 0.1) is 0 Å². The molecular weight excluding hydrogens is 366 g/mol. The Morgan fingerprint density at radius 3 is 2.59 bits per heavy atom. The molecule has 1 amide bonds. The Labute approximate surface area is 161 Å². The van der Waals surface area contributed by atoms with Crippen LogP contribution in [0.4, 0.5) is 0 Å². The van der Waals surface area contributed by atoms with Crippen LogP contribution in [0.25, 0.3) is 11.5 Å².